The predicted octanol–water partition coefficient (Wildman–Crippen LogP) is 3.88. The van der Waals surface area contributed by atoms with Crippen molar-refractivity contribution in [1.82, 2.24) is 4.90 Å². The minimum absolute atomic E-state index is 0.0457. The lowest BCUT2D eigenvalue weighted by molar-refractivity contribution is -0.135. The molecule has 0 bridgehead atoms. The van der Waals surface area contributed by atoms with Crippen LogP contribution in [0.3, 0.4) is 0 Å². The van der Waals surface area contributed by atoms with Gasteiger partial charge in [-0.05, 0) is 35.6 Å². The number of aromatic hydroxyl groups is 1. The van der Waals surface area contributed by atoms with E-state index in [1.54, 1.807) is 28.4 Å². The van der Waals surface area contributed by atoms with E-state index >= 15 is 0 Å². The fourth-order valence-electron chi connectivity index (χ4n) is 2.73. The lowest BCUT2D eigenvalue weighted by Crippen LogP contribution is -2.35. The van der Waals surface area contributed by atoms with Gasteiger partial charge >= 0.3 is 5.97 Å². The predicted molar refractivity (Wildman–Crippen MR) is 108 cm³/mol. The molecule has 3 rings (SSSR count). The van der Waals surface area contributed by atoms with Crippen LogP contribution in [0.2, 0.25) is 0 Å². The molecule has 3 aromatic rings. The van der Waals surface area contributed by atoms with Gasteiger partial charge in [0.25, 0.3) is 5.91 Å². The Morgan fingerprint density at radius 3 is 2.43 bits per heavy atom. The third-order valence-electron chi connectivity index (χ3n) is 4.24. The number of phenolic OH excluding ortho intramolecular Hbond substituents is 1. The molecule has 2 aromatic carbocycles. The fraction of sp³-hybridized carbons (Fsp3) is 0.182. The van der Waals surface area contributed by atoms with E-state index in [-0.39, 0.29) is 23.8 Å². The number of esters is 1. The van der Waals surface area contributed by atoms with Crippen LogP contribution < -0.4 is 0 Å². The highest BCUT2D eigenvalue weighted by atomic mass is 32.1. The van der Waals surface area contributed by atoms with E-state index in [4.69, 9.17) is 4.74 Å². The molecule has 0 saturated heterocycles. The number of carbonyl (C=O) groups is 2. The Kier molecular flexibility index (Phi) is 6.81. The van der Waals surface area contributed by atoms with Crippen molar-refractivity contribution < 1.29 is 19.4 Å². The number of rotatable bonds is 8. The molecule has 0 aliphatic carbocycles. The molecule has 0 aliphatic heterocycles. The number of amides is 1. The van der Waals surface area contributed by atoms with Gasteiger partial charge < -0.3 is 14.7 Å². The zero-order chi connectivity index (χ0) is 19.8. The molecular weight excluding hydrogens is 374 g/mol. The van der Waals surface area contributed by atoms with Gasteiger partial charge in [0, 0.05) is 11.4 Å². The van der Waals surface area contributed by atoms with Crippen molar-refractivity contribution in [3.63, 3.8) is 0 Å². The average Bonchev–Trinajstić information content (AvgIpc) is 3.23. The van der Waals surface area contributed by atoms with Crippen molar-refractivity contribution in [3.05, 3.63) is 88.1 Å². The third kappa shape index (κ3) is 5.44. The first-order valence-corrected chi connectivity index (χ1v) is 9.80. The number of thiophene rings is 1. The van der Waals surface area contributed by atoms with Crippen molar-refractivity contribution in [2.75, 3.05) is 13.2 Å². The SMILES string of the molecule is O=C(OCC(=O)N(CCc1ccccc1)Cc1cccs1)c1ccccc1O. The molecule has 1 heterocycles. The standard InChI is InChI=1S/C22H21NO4S/c24-20-11-5-4-10-19(20)22(26)27-16-21(25)23(15-18-9-6-14-28-18)13-12-17-7-2-1-3-8-17/h1-11,14,24H,12-13,15-16H2. The van der Waals surface area contributed by atoms with Crippen molar-refractivity contribution in [3.8, 4) is 5.75 Å². The van der Waals surface area contributed by atoms with Crippen LogP contribution in [0.1, 0.15) is 20.8 Å². The molecule has 1 aromatic heterocycles. The van der Waals surface area contributed by atoms with Gasteiger partial charge in [-0.3, -0.25) is 4.79 Å². The largest absolute Gasteiger partial charge is 0.507 e. The number of para-hydroxylation sites is 1. The highest BCUT2D eigenvalue weighted by Gasteiger charge is 2.18. The Morgan fingerprint density at radius 2 is 1.71 bits per heavy atom. The molecule has 0 unspecified atom stereocenters. The number of carbonyl (C=O) groups excluding carboxylic acids is 2. The monoisotopic (exact) mass is 395 g/mol. The van der Waals surface area contributed by atoms with E-state index in [9.17, 15) is 14.7 Å². The minimum atomic E-state index is -0.717. The summed E-state index contributed by atoms with van der Waals surface area (Å²) < 4.78 is 5.14. The Labute approximate surface area is 167 Å². The molecule has 0 radical (unpaired) electrons. The van der Waals surface area contributed by atoms with E-state index < -0.39 is 5.97 Å². The molecule has 1 amide bonds. The van der Waals surface area contributed by atoms with E-state index in [0.717, 1.165) is 10.4 Å². The lowest BCUT2D eigenvalue weighted by atomic mass is 10.1. The summed E-state index contributed by atoms with van der Waals surface area (Å²) in [6.07, 6.45) is 0.714. The first-order valence-electron chi connectivity index (χ1n) is 8.92. The minimum Gasteiger partial charge on any atom is -0.507 e. The molecule has 0 atom stereocenters. The van der Waals surface area contributed by atoms with Crippen LogP contribution in [0.4, 0.5) is 0 Å². The van der Waals surface area contributed by atoms with Crippen LogP contribution in [0.25, 0.3) is 0 Å². The number of hydrogen-bond donors (Lipinski definition) is 1. The van der Waals surface area contributed by atoms with E-state index in [2.05, 4.69) is 0 Å². The van der Waals surface area contributed by atoms with E-state index in [0.29, 0.717) is 19.5 Å². The van der Waals surface area contributed by atoms with E-state index in [1.807, 2.05) is 47.8 Å². The maximum absolute atomic E-state index is 12.7. The summed E-state index contributed by atoms with van der Waals surface area (Å²) in [5.41, 5.74) is 1.18. The molecular formula is C22H21NO4S. The molecule has 28 heavy (non-hydrogen) atoms. The zero-order valence-corrected chi connectivity index (χ0v) is 16.1. The van der Waals surface area contributed by atoms with Gasteiger partial charge in [0.05, 0.1) is 6.54 Å². The van der Waals surface area contributed by atoms with Gasteiger partial charge in [0.2, 0.25) is 0 Å². The topological polar surface area (TPSA) is 66.8 Å². The quantitative estimate of drug-likeness (QED) is 0.588. The van der Waals surface area contributed by atoms with Crippen LogP contribution in [0.15, 0.2) is 72.1 Å². The van der Waals surface area contributed by atoms with Gasteiger partial charge in [-0.15, -0.1) is 11.3 Å². The first kappa shape index (κ1) is 19.6. The summed E-state index contributed by atoms with van der Waals surface area (Å²) in [6.45, 7) is 0.625. The second-order valence-electron chi connectivity index (χ2n) is 6.22. The highest BCUT2D eigenvalue weighted by Crippen LogP contribution is 2.17. The van der Waals surface area contributed by atoms with Gasteiger partial charge in [-0.1, -0.05) is 48.5 Å². The zero-order valence-electron chi connectivity index (χ0n) is 15.3. The Hall–Kier alpha value is -3.12. The molecule has 0 aliphatic rings. The molecule has 144 valence electrons. The van der Waals surface area contributed by atoms with Gasteiger partial charge in [-0.2, -0.15) is 0 Å². The van der Waals surface area contributed by atoms with E-state index in [1.165, 1.54) is 12.1 Å². The number of phenols is 1. The summed E-state index contributed by atoms with van der Waals surface area (Å²) >= 11 is 1.58. The van der Waals surface area contributed by atoms with Crippen molar-refractivity contribution >= 4 is 23.2 Å². The van der Waals surface area contributed by atoms with Crippen LogP contribution in [-0.4, -0.2) is 35.0 Å². The Morgan fingerprint density at radius 1 is 0.964 bits per heavy atom. The number of hydrogen-bond acceptors (Lipinski definition) is 5. The second-order valence-corrected chi connectivity index (χ2v) is 7.26. The number of benzene rings is 2. The normalized spacial score (nSPS) is 10.4. The molecule has 0 fully saturated rings. The first-order chi connectivity index (χ1) is 13.6. The highest BCUT2D eigenvalue weighted by molar-refractivity contribution is 7.09. The molecule has 0 spiro atoms. The van der Waals surface area contributed by atoms with Gasteiger partial charge in [0.1, 0.15) is 11.3 Å². The molecule has 1 N–H and O–H groups in total. The van der Waals surface area contributed by atoms with Crippen LogP contribution >= 0.6 is 11.3 Å². The average molecular weight is 395 g/mol. The second kappa shape index (κ2) is 9.71. The van der Waals surface area contributed by atoms with Crippen LogP contribution in [0, 0.1) is 0 Å². The van der Waals surface area contributed by atoms with Gasteiger partial charge in [-0.25, -0.2) is 4.79 Å². The third-order valence-corrected chi connectivity index (χ3v) is 5.10. The lowest BCUT2D eigenvalue weighted by Gasteiger charge is -2.22. The molecule has 0 saturated carbocycles. The van der Waals surface area contributed by atoms with Crippen molar-refractivity contribution in [2.45, 2.75) is 13.0 Å². The molecule has 6 heteroatoms. The smallest absolute Gasteiger partial charge is 0.342 e. The number of nitrogens with zero attached hydrogens (tertiary/aromatic N) is 1. The summed E-state index contributed by atoms with van der Waals surface area (Å²) in [5.74, 6) is -1.15. The number of ether oxygens (including phenoxy) is 1. The van der Waals surface area contributed by atoms with Crippen LogP contribution in [-0.2, 0) is 22.5 Å². The van der Waals surface area contributed by atoms with Crippen molar-refractivity contribution in [1.29, 1.82) is 0 Å². The summed E-state index contributed by atoms with van der Waals surface area (Å²) in [5, 5.41) is 11.7. The molecule has 5 nitrogen and oxygen atoms in total. The summed E-state index contributed by atoms with van der Waals surface area (Å²) in [7, 11) is 0. The maximum Gasteiger partial charge on any atom is 0.342 e. The maximum atomic E-state index is 12.7. The fourth-order valence-corrected chi connectivity index (χ4v) is 3.45. The van der Waals surface area contributed by atoms with Gasteiger partial charge in [0.15, 0.2) is 6.61 Å². The Balaban J connectivity index is 1.62. The summed E-state index contributed by atoms with van der Waals surface area (Å²) in [4.78, 5) is 27.6. The Bertz CT molecular complexity index is 909. The van der Waals surface area contributed by atoms with Crippen molar-refractivity contribution in [2.24, 2.45) is 0 Å². The summed E-state index contributed by atoms with van der Waals surface area (Å²) in [6, 6.07) is 19.9. The van der Waals surface area contributed by atoms with Crippen LogP contribution in [0.5, 0.6) is 5.75 Å².